The number of ether oxygens (including phenoxy) is 3. The Morgan fingerprint density at radius 2 is 1.57 bits per heavy atom. The first-order chi connectivity index (χ1) is 10.1. The quantitative estimate of drug-likeness (QED) is 0.792. The number of rotatable bonds is 5. The van der Waals surface area contributed by atoms with E-state index in [4.69, 9.17) is 25.8 Å². The van der Waals surface area contributed by atoms with Crippen molar-refractivity contribution in [2.24, 2.45) is 0 Å². The minimum absolute atomic E-state index is 0.228. The molecule has 0 radical (unpaired) electrons. The molecule has 0 aliphatic carbocycles. The zero-order valence-electron chi connectivity index (χ0n) is 12.0. The van der Waals surface area contributed by atoms with Gasteiger partial charge >= 0.3 is 0 Å². The summed E-state index contributed by atoms with van der Waals surface area (Å²) in [6.07, 6.45) is 0. The summed E-state index contributed by atoms with van der Waals surface area (Å²) in [5.41, 5.74) is 0.798. The summed E-state index contributed by atoms with van der Waals surface area (Å²) in [5.74, 6) is 1.28. The molecule has 5 heteroatoms. The van der Waals surface area contributed by atoms with E-state index in [1.54, 1.807) is 43.5 Å². The SMILES string of the molecule is COc1ccc(C(=O)c2cc(Cl)ccc2OC)c(OC)c1. The van der Waals surface area contributed by atoms with Crippen molar-refractivity contribution < 1.29 is 19.0 Å². The van der Waals surface area contributed by atoms with E-state index in [0.29, 0.717) is 33.4 Å². The van der Waals surface area contributed by atoms with Crippen molar-refractivity contribution in [1.82, 2.24) is 0 Å². The predicted octanol–water partition coefficient (Wildman–Crippen LogP) is 3.60. The summed E-state index contributed by atoms with van der Waals surface area (Å²) >= 11 is 5.97. The maximum atomic E-state index is 12.7. The number of hydrogen-bond acceptors (Lipinski definition) is 4. The lowest BCUT2D eigenvalue weighted by Crippen LogP contribution is -2.06. The fourth-order valence-corrected chi connectivity index (χ4v) is 2.16. The Balaban J connectivity index is 2.52. The number of benzene rings is 2. The molecule has 21 heavy (non-hydrogen) atoms. The Bertz CT molecular complexity index is 667. The number of halogens is 1. The van der Waals surface area contributed by atoms with Gasteiger partial charge in [-0.1, -0.05) is 11.6 Å². The average Bonchev–Trinajstić information content (AvgIpc) is 2.53. The van der Waals surface area contributed by atoms with Crippen LogP contribution in [0.5, 0.6) is 17.2 Å². The van der Waals surface area contributed by atoms with E-state index >= 15 is 0 Å². The lowest BCUT2D eigenvalue weighted by Gasteiger charge is -2.12. The predicted molar refractivity (Wildman–Crippen MR) is 81.0 cm³/mol. The van der Waals surface area contributed by atoms with E-state index in [-0.39, 0.29) is 5.78 Å². The van der Waals surface area contributed by atoms with Crippen LogP contribution in [0.4, 0.5) is 0 Å². The maximum absolute atomic E-state index is 12.7. The highest BCUT2D eigenvalue weighted by molar-refractivity contribution is 6.31. The zero-order chi connectivity index (χ0) is 15.4. The van der Waals surface area contributed by atoms with E-state index in [9.17, 15) is 4.79 Å². The van der Waals surface area contributed by atoms with Crippen molar-refractivity contribution in [3.63, 3.8) is 0 Å². The number of methoxy groups -OCH3 is 3. The molecule has 0 aliphatic rings. The van der Waals surface area contributed by atoms with Crippen LogP contribution in [-0.2, 0) is 0 Å². The van der Waals surface area contributed by atoms with Gasteiger partial charge in [-0.15, -0.1) is 0 Å². The smallest absolute Gasteiger partial charge is 0.200 e. The monoisotopic (exact) mass is 306 g/mol. The topological polar surface area (TPSA) is 44.8 Å². The van der Waals surface area contributed by atoms with Crippen LogP contribution in [0, 0.1) is 0 Å². The standard InChI is InChI=1S/C16H15ClO4/c1-19-11-5-6-12(15(9-11)21-3)16(18)13-8-10(17)4-7-14(13)20-2/h4-9H,1-3H3. The molecule has 0 spiro atoms. The van der Waals surface area contributed by atoms with Crippen molar-refractivity contribution in [3.8, 4) is 17.2 Å². The summed E-state index contributed by atoms with van der Waals surface area (Å²) in [7, 11) is 4.56. The van der Waals surface area contributed by atoms with Crippen LogP contribution in [0.15, 0.2) is 36.4 Å². The molecule has 0 aromatic heterocycles. The summed E-state index contributed by atoms with van der Waals surface area (Å²) in [5, 5.41) is 0.464. The van der Waals surface area contributed by atoms with Crippen LogP contribution in [0.2, 0.25) is 5.02 Å². The second kappa shape index (κ2) is 6.50. The van der Waals surface area contributed by atoms with E-state index < -0.39 is 0 Å². The molecule has 0 unspecified atom stereocenters. The van der Waals surface area contributed by atoms with Crippen LogP contribution in [0.3, 0.4) is 0 Å². The van der Waals surface area contributed by atoms with E-state index in [0.717, 1.165) is 0 Å². The number of hydrogen-bond donors (Lipinski definition) is 0. The molecule has 0 aliphatic heterocycles. The minimum atomic E-state index is -0.228. The molecule has 0 bridgehead atoms. The molecule has 2 rings (SSSR count). The highest BCUT2D eigenvalue weighted by Crippen LogP contribution is 2.30. The van der Waals surface area contributed by atoms with Gasteiger partial charge in [0.15, 0.2) is 0 Å². The highest BCUT2D eigenvalue weighted by atomic mass is 35.5. The first-order valence-corrected chi connectivity index (χ1v) is 6.58. The van der Waals surface area contributed by atoms with Gasteiger partial charge < -0.3 is 14.2 Å². The first-order valence-electron chi connectivity index (χ1n) is 6.21. The lowest BCUT2D eigenvalue weighted by atomic mass is 10.0. The van der Waals surface area contributed by atoms with Gasteiger partial charge in [-0.2, -0.15) is 0 Å². The van der Waals surface area contributed by atoms with Gasteiger partial charge in [0.25, 0.3) is 0 Å². The Morgan fingerprint density at radius 3 is 2.19 bits per heavy atom. The molecule has 0 heterocycles. The molecule has 4 nitrogen and oxygen atoms in total. The molecule has 2 aromatic carbocycles. The normalized spacial score (nSPS) is 10.1. The molecule has 0 fully saturated rings. The molecular weight excluding hydrogens is 292 g/mol. The van der Waals surface area contributed by atoms with Crippen molar-refractivity contribution >= 4 is 17.4 Å². The van der Waals surface area contributed by atoms with Gasteiger partial charge in [-0.25, -0.2) is 0 Å². The maximum Gasteiger partial charge on any atom is 0.200 e. The van der Waals surface area contributed by atoms with Crippen molar-refractivity contribution in [2.45, 2.75) is 0 Å². The number of carbonyl (C=O) groups is 1. The van der Waals surface area contributed by atoms with E-state index in [2.05, 4.69) is 0 Å². The van der Waals surface area contributed by atoms with E-state index in [1.807, 2.05) is 0 Å². The van der Waals surface area contributed by atoms with Crippen LogP contribution in [0.25, 0.3) is 0 Å². The van der Waals surface area contributed by atoms with Crippen LogP contribution < -0.4 is 14.2 Å². The van der Waals surface area contributed by atoms with Gasteiger partial charge in [0.2, 0.25) is 5.78 Å². The van der Waals surface area contributed by atoms with Gasteiger partial charge in [-0.05, 0) is 30.3 Å². The largest absolute Gasteiger partial charge is 0.497 e. The first kappa shape index (κ1) is 15.2. The Hall–Kier alpha value is -2.20. The molecular formula is C16H15ClO4. The third-order valence-electron chi connectivity index (χ3n) is 3.06. The molecule has 0 N–H and O–H groups in total. The minimum Gasteiger partial charge on any atom is -0.497 e. The van der Waals surface area contributed by atoms with Crippen molar-refractivity contribution in [3.05, 3.63) is 52.5 Å². The van der Waals surface area contributed by atoms with Crippen LogP contribution in [0.1, 0.15) is 15.9 Å². The molecule has 0 atom stereocenters. The van der Waals surface area contributed by atoms with Crippen molar-refractivity contribution in [1.29, 1.82) is 0 Å². The van der Waals surface area contributed by atoms with Crippen LogP contribution in [-0.4, -0.2) is 27.1 Å². The Morgan fingerprint density at radius 1 is 0.857 bits per heavy atom. The number of ketones is 1. The Kier molecular flexibility index (Phi) is 4.70. The second-order valence-electron chi connectivity index (χ2n) is 4.24. The van der Waals surface area contributed by atoms with E-state index in [1.165, 1.54) is 14.2 Å². The Labute approximate surface area is 128 Å². The molecule has 2 aromatic rings. The summed E-state index contributed by atoms with van der Waals surface area (Å²) in [6, 6.07) is 9.91. The third-order valence-corrected chi connectivity index (χ3v) is 3.29. The lowest BCUT2D eigenvalue weighted by molar-refractivity contribution is 0.103. The molecule has 110 valence electrons. The van der Waals surface area contributed by atoms with Crippen molar-refractivity contribution in [2.75, 3.05) is 21.3 Å². The van der Waals surface area contributed by atoms with Crippen LogP contribution >= 0.6 is 11.6 Å². The van der Waals surface area contributed by atoms with Gasteiger partial charge in [-0.3, -0.25) is 4.79 Å². The fraction of sp³-hybridized carbons (Fsp3) is 0.188. The van der Waals surface area contributed by atoms with Gasteiger partial charge in [0.05, 0.1) is 32.5 Å². The molecule has 0 amide bonds. The van der Waals surface area contributed by atoms with Gasteiger partial charge in [0, 0.05) is 11.1 Å². The molecule has 0 saturated carbocycles. The number of carbonyl (C=O) groups excluding carboxylic acids is 1. The highest BCUT2D eigenvalue weighted by Gasteiger charge is 2.19. The average molecular weight is 307 g/mol. The molecule has 0 saturated heterocycles. The fourth-order valence-electron chi connectivity index (χ4n) is 1.99. The zero-order valence-corrected chi connectivity index (χ0v) is 12.7. The summed E-state index contributed by atoms with van der Waals surface area (Å²) < 4.78 is 15.6. The summed E-state index contributed by atoms with van der Waals surface area (Å²) in [6.45, 7) is 0. The van der Waals surface area contributed by atoms with Gasteiger partial charge in [0.1, 0.15) is 17.2 Å². The summed E-state index contributed by atoms with van der Waals surface area (Å²) in [4.78, 5) is 12.7. The second-order valence-corrected chi connectivity index (χ2v) is 4.68. The third kappa shape index (κ3) is 3.11.